The van der Waals surface area contributed by atoms with Crippen molar-refractivity contribution >= 4 is 5.97 Å². The maximum absolute atomic E-state index is 11.9. The van der Waals surface area contributed by atoms with Gasteiger partial charge in [0.15, 0.2) is 0 Å². The fourth-order valence-electron chi connectivity index (χ4n) is 2.70. The number of ether oxygens (including phenoxy) is 2. The average Bonchev–Trinajstić information content (AvgIpc) is 2.92. The van der Waals surface area contributed by atoms with Crippen molar-refractivity contribution in [1.29, 1.82) is 0 Å². The summed E-state index contributed by atoms with van der Waals surface area (Å²) in [5.74, 6) is 0.648. The Balaban J connectivity index is 1.75. The van der Waals surface area contributed by atoms with E-state index in [2.05, 4.69) is 0 Å². The highest BCUT2D eigenvalue weighted by atomic mass is 16.5. The Hall–Kier alpha value is -1.55. The Morgan fingerprint density at radius 1 is 1.25 bits per heavy atom. The van der Waals surface area contributed by atoms with Crippen molar-refractivity contribution in [3.63, 3.8) is 0 Å². The Morgan fingerprint density at radius 2 is 1.90 bits per heavy atom. The summed E-state index contributed by atoms with van der Waals surface area (Å²) in [7, 11) is 1.63. The predicted molar refractivity (Wildman–Crippen MR) is 77.0 cm³/mol. The predicted octanol–water partition coefficient (Wildman–Crippen LogP) is 0.848. The van der Waals surface area contributed by atoms with Gasteiger partial charge in [-0.3, -0.25) is 4.79 Å². The standard InChI is InChI=1S/C16H23NO3/c1-13(12-17-9-3-4-10-17)20-16(18)11-14-5-7-15(19-2)8-6-14/h5-8,13H,3-4,9-12H2,1-2H3/p+1/t13-/m1/s1. The Kier molecular flexibility index (Phi) is 5.41. The topological polar surface area (TPSA) is 40.0 Å². The van der Waals surface area contributed by atoms with E-state index >= 15 is 0 Å². The van der Waals surface area contributed by atoms with Crippen LogP contribution in [0.25, 0.3) is 0 Å². The van der Waals surface area contributed by atoms with E-state index in [1.165, 1.54) is 25.9 Å². The van der Waals surface area contributed by atoms with Gasteiger partial charge >= 0.3 is 5.97 Å². The number of rotatable bonds is 6. The van der Waals surface area contributed by atoms with E-state index in [1.807, 2.05) is 31.2 Å². The third-order valence-corrected chi connectivity index (χ3v) is 3.73. The lowest BCUT2D eigenvalue weighted by molar-refractivity contribution is -0.890. The molecule has 2 rings (SSSR count). The van der Waals surface area contributed by atoms with Gasteiger partial charge in [-0.05, 0) is 24.6 Å². The van der Waals surface area contributed by atoms with Crippen LogP contribution >= 0.6 is 0 Å². The molecule has 0 spiro atoms. The van der Waals surface area contributed by atoms with Gasteiger partial charge in [0.1, 0.15) is 18.4 Å². The van der Waals surface area contributed by atoms with Crippen molar-refractivity contribution in [3.8, 4) is 5.75 Å². The molecule has 0 radical (unpaired) electrons. The number of benzene rings is 1. The fourth-order valence-corrected chi connectivity index (χ4v) is 2.70. The molecule has 0 unspecified atom stereocenters. The van der Waals surface area contributed by atoms with Crippen LogP contribution in [0.3, 0.4) is 0 Å². The lowest BCUT2D eigenvalue weighted by Crippen LogP contribution is -3.11. The number of esters is 1. The maximum Gasteiger partial charge on any atom is 0.310 e. The molecule has 0 aliphatic carbocycles. The van der Waals surface area contributed by atoms with Crippen molar-refractivity contribution in [2.24, 2.45) is 0 Å². The second-order valence-electron chi connectivity index (χ2n) is 5.49. The molecule has 1 aromatic carbocycles. The zero-order valence-electron chi connectivity index (χ0n) is 12.4. The van der Waals surface area contributed by atoms with Crippen LogP contribution in [0, 0.1) is 0 Å². The molecule has 0 saturated carbocycles. The Bertz CT molecular complexity index is 424. The van der Waals surface area contributed by atoms with Crippen molar-refractivity contribution in [3.05, 3.63) is 29.8 Å². The van der Waals surface area contributed by atoms with Gasteiger partial charge in [0.05, 0.1) is 26.6 Å². The smallest absolute Gasteiger partial charge is 0.310 e. The molecular formula is C16H24NO3+. The molecule has 0 aromatic heterocycles. The van der Waals surface area contributed by atoms with E-state index < -0.39 is 0 Å². The zero-order valence-corrected chi connectivity index (χ0v) is 12.4. The molecule has 1 aliphatic heterocycles. The first-order valence-electron chi connectivity index (χ1n) is 7.33. The van der Waals surface area contributed by atoms with E-state index in [-0.39, 0.29) is 12.1 Å². The minimum absolute atomic E-state index is 0.00570. The molecule has 4 nitrogen and oxygen atoms in total. The van der Waals surface area contributed by atoms with Gasteiger partial charge in [0.2, 0.25) is 0 Å². The Labute approximate surface area is 120 Å². The first-order valence-corrected chi connectivity index (χ1v) is 7.33. The summed E-state index contributed by atoms with van der Waals surface area (Å²) in [5.41, 5.74) is 0.955. The van der Waals surface area contributed by atoms with Crippen LogP contribution in [0.4, 0.5) is 0 Å². The van der Waals surface area contributed by atoms with Gasteiger partial charge in [-0.2, -0.15) is 0 Å². The first-order chi connectivity index (χ1) is 9.67. The summed E-state index contributed by atoms with van der Waals surface area (Å²) in [6.45, 7) is 5.33. The number of hydrogen-bond acceptors (Lipinski definition) is 3. The monoisotopic (exact) mass is 278 g/mol. The first kappa shape index (κ1) is 14.9. The van der Waals surface area contributed by atoms with Gasteiger partial charge in [-0.1, -0.05) is 12.1 Å². The van der Waals surface area contributed by atoms with Crippen LogP contribution in [0.2, 0.25) is 0 Å². The van der Waals surface area contributed by atoms with Crippen LogP contribution in [0.1, 0.15) is 25.3 Å². The number of carbonyl (C=O) groups excluding carboxylic acids is 1. The molecule has 4 heteroatoms. The summed E-state index contributed by atoms with van der Waals surface area (Å²) >= 11 is 0. The third-order valence-electron chi connectivity index (χ3n) is 3.73. The van der Waals surface area contributed by atoms with Crippen LogP contribution in [0.5, 0.6) is 5.75 Å². The van der Waals surface area contributed by atoms with Gasteiger partial charge < -0.3 is 14.4 Å². The molecule has 1 aliphatic rings. The Morgan fingerprint density at radius 3 is 2.50 bits per heavy atom. The van der Waals surface area contributed by atoms with E-state index in [1.54, 1.807) is 12.0 Å². The molecule has 1 aromatic rings. The quantitative estimate of drug-likeness (QED) is 0.784. The van der Waals surface area contributed by atoms with Crippen molar-refractivity contribution in [1.82, 2.24) is 0 Å². The van der Waals surface area contributed by atoms with Gasteiger partial charge in [-0.15, -0.1) is 0 Å². The van der Waals surface area contributed by atoms with E-state index in [4.69, 9.17) is 9.47 Å². The van der Waals surface area contributed by atoms with Gasteiger partial charge in [0.25, 0.3) is 0 Å². The number of methoxy groups -OCH3 is 1. The van der Waals surface area contributed by atoms with Gasteiger partial charge in [0, 0.05) is 12.8 Å². The van der Waals surface area contributed by atoms with E-state index in [9.17, 15) is 4.79 Å². The van der Waals surface area contributed by atoms with E-state index in [0.717, 1.165) is 17.9 Å². The summed E-state index contributed by atoms with van der Waals surface area (Å²) in [6, 6.07) is 7.52. The molecular weight excluding hydrogens is 254 g/mol. The highest BCUT2D eigenvalue weighted by Gasteiger charge is 2.20. The molecule has 1 fully saturated rings. The SMILES string of the molecule is COc1ccc(CC(=O)O[C@H](C)C[NH+]2CCCC2)cc1. The van der Waals surface area contributed by atoms with E-state index in [0.29, 0.717) is 6.42 Å². The van der Waals surface area contributed by atoms with Crippen molar-refractivity contribution < 1.29 is 19.2 Å². The zero-order chi connectivity index (χ0) is 14.4. The lowest BCUT2D eigenvalue weighted by Gasteiger charge is -2.18. The van der Waals surface area contributed by atoms with Crippen molar-refractivity contribution in [2.45, 2.75) is 32.3 Å². The number of carbonyl (C=O) groups is 1. The molecule has 1 atom stereocenters. The van der Waals surface area contributed by atoms with Crippen LogP contribution in [-0.4, -0.2) is 38.8 Å². The summed E-state index contributed by atoms with van der Waals surface area (Å²) < 4.78 is 10.6. The van der Waals surface area contributed by atoms with Crippen LogP contribution in [-0.2, 0) is 16.0 Å². The number of hydrogen-bond donors (Lipinski definition) is 1. The van der Waals surface area contributed by atoms with Crippen LogP contribution < -0.4 is 9.64 Å². The second-order valence-corrected chi connectivity index (χ2v) is 5.49. The molecule has 20 heavy (non-hydrogen) atoms. The number of likely N-dealkylation sites (tertiary alicyclic amines) is 1. The lowest BCUT2D eigenvalue weighted by atomic mass is 10.1. The normalized spacial score (nSPS) is 16.9. The molecule has 0 amide bonds. The largest absolute Gasteiger partial charge is 0.497 e. The molecule has 1 saturated heterocycles. The third kappa shape index (κ3) is 4.53. The highest BCUT2D eigenvalue weighted by Crippen LogP contribution is 2.12. The second kappa shape index (κ2) is 7.29. The highest BCUT2D eigenvalue weighted by molar-refractivity contribution is 5.72. The maximum atomic E-state index is 11.9. The minimum Gasteiger partial charge on any atom is -0.497 e. The van der Waals surface area contributed by atoms with Crippen molar-refractivity contribution in [2.75, 3.05) is 26.7 Å². The molecule has 1 N–H and O–H groups in total. The summed E-state index contributed by atoms with van der Waals surface area (Å²) in [5, 5.41) is 0. The number of quaternary nitrogens is 1. The molecule has 110 valence electrons. The molecule has 1 heterocycles. The number of nitrogens with one attached hydrogen (secondary N) is 1. The summed E-state index contributed by atoms with van der Waals surface area (Å²) in [6.07, 6.45) is 2.90. The minimum atomic E-state index is -0.152. The fraction of sp³-hybridized carbons (Fsp3) is 0.562. The van der Waals surface area contributed by atoms with Crippen LogP contribution in [0.15, 0.2) is 24.3 Å². The van der Waals surface area contributed by atoms with Gasteiger partial charge in [-0.25, -0.2) is 0 Å². The molecule has 0 bridgehead atoms. The average molecular weight is 278 g/mol. The summed E-state index contributed by atoms with van der Waals surface area (Å²) in [4.78, 5) is 13.4.